The molecular formula is C18H19N3O3S2. The largest absolute Gasteiger partial charge is 0.497 e. The van der Waals surface area contributed by atoms with Gasteiger partial charge in [-0.3, -0.25) is 9.59 Å². The Morgan fingerprint density at radius 1 is 1.19 bits per heavy atom. The molecule has 4 saturated heterocycles. The van der Waals surface area contributed by atoms with E-state index in [-0.39, 0.29) is 11.8 Å². The second-order valence-electron chi connectivity index (χ2n) is 7.35. The predicted molar refractivity (Wildman–Crippen MR) is 100 cm³/mol. The number of nitrogens with zero attached hydrogens (tertiary/aromatic N) is 3. The lowest BCUT2D eigenvalue weighted by Gasteiger charge is -2.57. The van der Waals surface area contributed by atoms with Gasteiger partial charge in [0.2, 0.25) is 0 Å². The van der Waals surface area contributed by atoms with E-state index in [1.807, 2.05) is 31.2 Å². The van der Waals surface area contributed by atoms with Crippen molar-refractivity contribution in [1.29, 1.82) is 5.26 Å². The maximum Gasteiger partial charge on any atom is 0.261 e. The topological polar surface area (TPSA) is 73.6 Å². The van der Waals surface area contributed by atoms with E-state index >= 15 is 0 Å². The number of carbonyl (C=O) groups is 2. The Bertz CT molecular complexity index is 854. The molecule has 1 aromatic carbocycles. The van der Waals surface area contributed by atoms with Crippen molar-refractivity contribution >= 4 is 33.4 Å². The van der Waals surface area contributed by atoms with Gasteiger partial charge in [-0.05, 0) is 31.5 Å². The molecule has 0 N–H and O–H groups in total. The summed E-state index contributed by atoms with van der Waals surface area (Å²) in [5, 5.41) is 9.98. The van der Waals surface area contributed by atoms with Gasteiger partial charge in [0.05, 0.1) is 24.6 Å². The van der Waals surface area contributed by atoms with Crippen molar-refractivity contribution in [3.63, 3.8) is 0 Å². The highest BCUT2D eigenvalue weighted by Gasteiger charge is 2.74. The smallest absolute Gasteiger partial charge is 0.261 e. The second-order valence-corrected chi connectivity index (χ2v) is 10.2. The van der Waals surface area contributed by atoms with E-state index in [2.05, 4.69) is 6.07 Å². The number of fused-ring (bicyclic) bond motifs is 2. The zero-order valence-electron chi connectivity index (χ0n) is 15.0. The van der Waals surface area contributed by atoms with Crippen LogP contribution >= 0.6 is 21.6 Å². The lowest BCUT2D eigenvalue weighted by molar-refractivity contribution is -0.164. The lowest BCUT2D eigenvalue weighted by Crippen LogP contribution is -2.73. The van der Waals surface area contributed by atoms with Crippen LogP contribution in [0.5, 0.6) is 5.75 Å². The number of hydrogen-bond acceptors (Lipinski definition) is 6. The second kappa shape index (κ2) is 5.33. The molecule has 4 aliphatic rings. The lowest BCUT2D eigenvalue weighted by atomic mass is 9.79. The van der Waals surface area contributed by atoms with Crippen LogP contribution in [0, 0.1) is 16.7 Å². The van der Waals surface area contributed by atoms with Gasteiger partial charge >= 0.3 is 0 Å². The number of benzene rings is 1. The third kappa shape index (κ3) is 1.90. The van der Waals surface area contributed by atoms with E-state index in [0.717, 1.165) is 5.56 Å². The van der Waals surface area contributed by atoms with Crippen molar-refractivity contribution in [3.05, 3.63) is 29.8 Å². The van der Waals surface area contributed by atoms with E-state index in [1.54, 1.807) is 30.9 Å². The number of carbonyl (C=O) groups excluding carboxylic acids is 2. The Labute approximate surface area is 160 Å². The fourth-order valence-electron chi connectivity index (χ4n) is 4.21. The standard InChI is InChI=1S/C18H19N3O3S2/c1-16(10-19)9-18-15(23)20(3)17(2,25-26-18)14(22)21(18)13(16)11-5-7-12(24-4)8-6-11/h5-8,13H,9H2,1-4H3/t13?,16-,17?,18?/m1/s1. The summed E-state index contributed by atoms with van der Waals surface area (Å²) < 4.78 is 5.22. The fraction of sp³-hybridized carbons (Fsp3) is 0.500. The summed E-state index contributed by atoms with van der Waals surface area (Å²) in [6.45, 7) is 3.62. The molecule has 4 fully saturated rings. The van der Waals surface area contributed by atoms with Gasteiger partial charge in [0.15, 0.2) is 9.74 Å². The first-order valence-corrected chi connectivity index (χ1v) is 10.4. The van der Waals surface area contributed by atoms with Crippen LogP contribution in [0.3, 0.4) is 0 Å². The number of amides is 2. The zero-order chi connectivity index (χ0) is 18.9. The maximum atomic E-state index is 13.4. The number of likely N-dealkylation sites (N-methyl/N-ethyl adjacent to an activating group) is 1. The molecule has 136 valence electrons. The number of nitriles is 1. The minimum Gasteiger partial charge on any atom is -0.497 e. The zero-order valence-corrected chi connectivity index (χ0v) is 16.6. The number of methoxy groups -OCH3 is 1. The predicted octanol–water partition coefficient (Wildman–Crippen LogP) is 2.78. The Kier molecular flexibility index (Phi) is 3.60. The normalized spacial score (nSPS) is 38.3. The van der Waals surface area contributed by atoms with Crippen LogP contribution < -0.4 is 4.74 Å². The van der Waals surface area contributed by atoms with Gasteiger partial charge in [-0.1, -0.05) is 33.7 Å². The summed E-state index contributed by atoms with van der Waals surface area (Å²) in [7, 11) is 6.11. The molecule has 6 nitrogen and oxygen atoms in total. The SMILES string of the molecule is COc1ccc(C2N3C(=O)C4(C)SSC3(C[C@]2(C)C#N)C(=O)N4C)cc1. The summed E-state index contributed by atoms with van der Waals surface area (Å²) in [4.78, 5) is 27.9. The van der Waals surface area contributed by atoms with Gasteiger partial charge in [0.1, 0.15) is 5.75 Å². The third-order valence-electron chi connectivity index (χ3n) is 5.78. The Morgan fingerprint density at radius 2 is 1.85 bits per heavy atom. The van der Waals surface area contributed by atoms with Gasteiger partial charge in [-0.25, -0.2) is 0 Å². The van der Waals surface area contributed by atoms with Crippen molar-refractivity contribution < 1.29 is 14.3 Å². The van der Waals surface area contributed by atoms with Crippen LogP contribution in [0.2, 0.25) is 0 Å². The molecular weight excluding hydrogens is 370 g/mol. The minimum absolute atomic E-state index is 0.0964. The van der Waals surface area contributed by atoms with E-state index in [1.165, 1.54) is 21.6 Å². The molecule has 2 amide bonds. The first-order valence-electron chi connectivity index (χ1n) is 8.27. The first-order chi connectivity index (χ1) is 12.2. The molecule has 3 unspecified atom stereocenters. The maximum absolute atomic E-state index is 13.4. The summed E-state index contributed by atoms with van der Waals surface area (Å²) in [6, 6.07) is 9.32. The molecule has 4 atom stereocenters. The number of hydrogen-bond donors (Lipinski definition) is 0. The third-order valence-corrected chi connectivity index (χ3v) is 9.48. The summed E-state index contributed by atoms with van der Waals surface area (Å²) >= 11 is 0. The molecule has 26 heavy (non-hydrogen) atoms. The van der Waals surface area contributed by atoms with Crippen LogP contribution in [0.4, 0.5) is 0 Å². The molecule has 0 aromatic heterocycles. The molecule has 4 heterocycles. The first kappa shape index (κ1) is 17.6. The molecule has 0 aliphatic carbocycles. The van der Waals surface area contributed by atoms with E-state index in [4.69, 9.17) is 4.74 Å². The molecule has 0 radical (unpaired) electrons. The van der Waals surface area contributed by atoms with Crippen molar-refractivity contribution in [1.82, 2.24) is 9.80 Å². The molecule has 4 aliphatic heterocycles. The van der Waals surface area contributed by atoms with Crippen LogP contribution in [-0.4, -0.2) is 45.5 Å². The van der Waals surface area contributed by atoms with E-state index in [0.29, 0.717) is 12.2 Å². The van der Waals surface area contributed by atoms with Crippen molar-refractivity contribution in [3.8, 4) is 11.8 Å². The van der Waals surface area contributed by atoms with Crippen LogP contribution in [0.15, 0.2) is 24.3 Å². The highest BCUT2D eigenvalue weighted by molar-refractivity contribution is 8.78. The Morgan fingerprint density at radius 3 is 2.42 bits per heavy atom. The fourth-order valence-corrected chi connectivity index (χ4v) is 7.79. The van der Waals surface area contributed by atoms with Gasteiger partial charge in [0.25, 0.3) is 11.8 Å². The molecule has 0 saturated carbocycles. The minimum atomic E-state index is -1.02. The quantitative estimate of drug-likeness (QED) is 0.724. The van der Waals surface area contributed by atoms with Crippen LogP contribution in [0.25, 0.3) is 0 Å². The van der Waals surface area contributed by atoms with Crippen LogP contribution in [-0.2, 0) is 9.59 Å². The Hall–Kier alpha value is -1.85. The van der Waals surface area contributed by atoms with E-state index < -0.39 is 21.2 Å². The van der Waals surface area contributed by atoms with Gasteiger partial charge < -0.3 is 14.5 Å². The number of ether oxygens (including phenoxy) is 1. The number of rotatable bonds is 2. The highest BCUT2D eigenvalue weighted by atomic mass is 33.1. The van der Waals surface area contributed by atoms with Crippen LogP contribution in [0.1, 0.15) is 31.9 Å². The highest BCUT2D eigenvalue weighted by Crippen LogP contribution is 2.69. The monoisotopic (exact) mass is 389 g/mol. The van der Waals surface area contributed by atoms with E-state index in [9.17, 15) is 14.9 Å². The summed E-state index contributed by atoms with van der Waals surface area (Å²) in [5.74, 6) is 0.503. The van der Waals surface area contributed by atoms with Crippen molar-refractivity contribution in [2.45, 2.75) is 36.1 Å². The summed E-state index contributed by atoms with van der Waals surface area (Å²) in [5.41, 5.74) is -0.0125. The Balaban J connectivity index is 1.90. The van der Waals surface area contributed by atoms with Gasteiger partial charge in [-0.2, -0.15) is 5.26 Å². The molecule has 8 heteroatoms. The molecule has 1 aromatic rings. The molecule has 2 bridgehead atoms. The van der Waals surface area contributed by atoms with Gasteiger partial charge in [0, 0.05) is 13.5 Å². The summed E-state index contributed by atoms with van der Waals surface area (Å²) in [6.07, 6.45) is 0.315. The van der Waals surface area contributed by atoms with Gasteiger partial charge in [-0.15, -0.1) is 0 Å². The average Bonchev–Trinajstić information content (AvgIpc) is 2.93. The molecule has 5 rings (SSSR count). The van der Waals surface area contributed by atoms with Crippen molar-refractivity contribution in [2.24, 2.45) is 5.41 Å². The average molecular weight is 390 g/mol. The molecule has 1 spiro atoms. The van der Waals surface area contributed by atoms with Crippen molar-refractivity contribution in [2.75, 3.05) is 14.2 Å². The number of piperazine rings is 1.